The first-order chi connectivity index (χ1) is 11.4. The molecule has 6 nitrogen and oxygen atoms in total. The first-order valence-corrected chi connectivity index (χ1v) is 8.92. The van der Waals surface area contributed by atoms with Crippen LogP contribution in [0.15, 0.2) is 22.5 Å². The summed E-state index contributed by atoms with van der Waals surface area (Å²) in [5.41, 5.74) is -0.261. The van der Waals surface area contributed by atoms with Gasteiger partial charge in [-0.05, 0) is 26.0 Å². The zero-order valence-corrected chi connectivity index (χ0v) is 15.1. The predicted molar refractivity (Wildman–Crippen MR) is 91.2 cm³/mol. The van der Waals surface area contributed by atoms with E-state index in [1.807, 2.05) is 0 Å². The molecular formula is C14H13ClFN3O3S2. The van der Waals surface area contributed by atoms with Crippen LogP contribution in [0.4, 0.5) is 9.52 Å². The smallest absolute Gasteiger partial charge is 0.319 e. The molecule has 1 aromatic heterocycles. The molecule has 0 spiro atoms. The summed E-state index contributed by atoms with van der Waals surface area (Å²) in [5, 5.41) is 9.83. The number of amides is 1. The van der Waals surface area contributed by atoms with Crippen molar-refractivity contribution in [1.29, 1.82) is 0 Å². The lowest BCUT2D eigenvalue weighted by molar-refractivity contribution is -0.142. The van der Waals surface area contributed by atoms with E-state index in [-0.39, 0.29) is 21.7 Å². The Hall–Kier alpha value is -1.71. The number of thioether (sulfide) groups is 1. The van der Waals surface area contributed by atoms with E-state index >= 15 is 0 Å². The van der Waals surface area contributed by atoms with Gasteiger partial charge in [0.2, 0.25) is 5.13 Å². The maximum atomic E-state index is 13.7. The van der Waals surface area contributed by atoms with Crippen molar-refractivity contribution in [3.63, 3.8) is 0 Å². The highest BCUT2D eigenvalue weighted by molar-refractivity contribution is 8.02. The Morgan fingerprint density at radius 3 is 2.88 bits per heavy atom. The van der Waals surface area contributed by atoms with Crippen LogP contribution in [0.5, 0.6) is 0 Å². The van der Waals surface area contributed by atoms with Crippen molar-refractivity contribution in [2.45, 2.75) is 23.4 Å². The molecule has 1 aromatic carbocycles. The first kappa shape index (κ1) is 18.6. The fourth-order valence-corrected chi connectivity index (χ4v) is 3.78. The summed E-state index contributed by atoms with van der Waals surface area (Å²) in [5.74, 6) is -1.80. The SMILES string of the molecule is CCOC(=O)[C@@H](C)Sc1nnc(NC(=O)c2c(F)cccc2Cl)s1. The molecule has 0 unspecified atom stereocenters. The van der Waals surface area contributed by atoms with Crippen molar-refractivity contribution >= 4 is 51.7 Å². The van der Waals surface area contributed by atoms with Crippen LogP contribution in [-0.4, -0.2) is 33.9 Å². The quantitative estimate of drug-likeness (QED) is 0.461. The lowest BCUT2D eigenvalue weighted by atomic mass is 10.2. The van der Waals surface area contributed by atoms with E-state index in [4.69, 9.17) is 16.3 Å². The Labute approximate surface area is 150 Å². The van der Waals surface area contributed by atoms with Gasteiger partial charge in [-0.1, -0.05) is 40.8 Å². The van der Waals surface area contributed by atoms with E-state index in [0.717, 1.165) is 29.2 Å². The van der Waals surface area contributed by atoms with E-state index in [1.54, 1.807) is 13.8 Å². The van der Waals surface area contributed by atoms with Crippen LogP contribution in [0.25, 0.3) is 0 Å². The lowest BCUT2D eigenvalue weighted by Gasteiger charge is -2.07. The van der Waals surface area contributed by atoms with Gasteiger partial charge >= 0.3 is 5.97 Å². The minimum absolute atomic E-state index is 0.00236. The van der Waals surface area contributed by atoms with Gasteiger partial charge in [0.05, 0.1) is 17.2 Å². The Balaban J connectivity index is 2.03. The highest BCUT2D eigenvalue weighted by atomic mass is 35.5. The van der Waals surface area contributed by atoms with Crippen molar-refractivity contribution in [2.24, 2.45) is 0 Å². The predicted octanol–water partition coefficient (Wildman–Crippen LogP) is 3.63. The maximum absolute atomic E-state index is 13.7. The average Bonchev–Trinajstić information content (AvgIpc) is 2.94. The van der Waals surface area contributed by atoms with E-state index in [1.165, 1.54) is 12.1 Å². The van der Waals surface area contributed by atoms with Crippen molar-refractivity contribution in [2.75, 3.05) is 11.9 Å². The summed E-state index contributed by atoms with van der Waals surface area (Å²) in [6.45, 7) is 3.70. The molecule has 1 amide bonds. The fraction of sp³-hybridized carbons (Fsp3) is 0.286. The number of hydrogen-bond acceptors (Lipinski definition) is 7. The van der Waals surface area contributed by atoms with Gasteiger partial charge in [0.15, 0.2) is 4.34 Å². The second-order valence-electron chi connectivity index (χ2n) is 4.44. The van der Waals surface area contributed by atoms with Crippen molar-refractivity contribution in [3.05, 3.63) is 34.6 Å². The summed E-state index contributed by atoms with van der Waals surface area (Å²) in [4.78, 5) is 23.7. The van der Waals surface area contributed by atoms with Gasteiger partial charge in [0.25, 0.3) is 5.91 Å². The second-order valence-corrected chi connectivity index (χ2v) is 7.41. The molecule has 0 radical (unpaired) electrons. The highest BCUT2D eigenvalue weighted by Gasteiger charge is 2.20. The average molecular weight is 390 g/mol. The molecule has 128 valence electrons. The molecule has 0 aliphatic heterocycles. The van der Waals surface area contributed by atoms with E-state index in [0.29, 0.717) is 10.9 Å². The van der Waals surface area contributed by atoms with Crippen LogP contribution in [0.2, 0.25) is 5.02 Å². The number of nitrogens with zero attached hydrogens (tertiary/aromatic N) is 2. The van der Waals surface area contributed by atoms with Crippen LogP contribution in [0.1, 0.15) is 24.2 Å². The minimum Gasteiger partial charge on any atom is -0.465 e. The monoisotopic (exact) mass is 389 g/mol. The van der Waals surface area contributed by atoms with Crippen molar-refractivity contribution in [1.82, 2.24) is 10.2 Å². The fourth-order valence-electron chi connectivity index (χ4n) is 1.64. The van der Waals surface area contributed by atoms with E-state index < -0.39 is 17.0 Å². The summed E-state index contributed by atoms with van der Waals surface area (Å²) in [7, 11) is 0. The number of rotatable bonds is 6. The number of carbonyl (C=O) groups is 2. The lowest BCUT2D eigenvalue weighted by Crippen LogP contribution is -2.16. The molecule has 1 atom stereocenters. The van der Waals surface area contributed by atoms with Gasteiger partial charge in [0.1, 0.15) is 11.1 Å². The highest BCUT2D eigenvalue weighted by Crippen LogP contribution is 2.30. The Bertz CT molecular complexity index is 736. The Morgan fingerprint density at radius 2 is 2.21 bits per heavy atom. The van der Waals surface area contributed by atoms with Gasteiger partial charge in [-0.25, -0.2) is 4.39 Å². The van der Waals surface area contributed by atoms with Crippen molar-refractivity contribution in [3.8, 4) is 0 Å². The maximum Gasteiger partial charge on any atom is 0.319 e. The molecule has 10 heteroatoms. The molecular weight excluding hydrogens is 377 g/mol. The molecule has 0 aliphatic carbocycles. The zero-order valence-electron chi connectivity index (χ0n) is 12.7. The van der Waals surface area contributed by atoms with Crippen LogP contribution in [-0.2, 0) is 9.53 Å². The van der Waals surface area contributed by atoms with Crippen LogP contribution in [0, 0.1) is 5.82 Å². The number of hydrogen-bond donors (Lipinski definition) is 1. The molecule has 0 saturated heterocycles. The zero-order chi connectivity index (χ0) is 17.7. The third-order valence-electron chi connectivity index (χ3n) is 2.71. The van der Waals surface area contributed by atoms with E-state index in [9.17, 15) is 14.0 Å². The molecule has 1 N–H and O–H groups in total. The first-order valence-electron chi connectivity index (χ1n) is 6.84. The summed E-state index contributed by atoms with van der Waals surface area (Å²) < 4.78 is 19.1. The number of anilines is 1. The summed E-state index contributed by atoms with van der Waals surface area (Å²) >= 11 is 8.07. The molecule has 0 aliphatic rings. The third kappa shape index (κ3) is 4.65. The number of nitrogens with one attached hydrogen (secondary N) is 1. The molecule has 0 fully saturated rings. The molecule has 0 bridgehead atoms. The summed E-state index contributed by atoms with van der Waals surface area (Å²) in [6.07, 6.45) is 0. The second kappa shape index (κ2) is 8.41. The molecule has 2 rings (SSSR count). The molecule has 24 heavy (non-hydrogen) atoms. The Morgan fingerprint density at radius 1 is 1.46 bits per heavy atom. The third-order valence-corrected chi connectivity index (χ3v) is 5.03. The molecule has 1 heterocycles. The normalized spacial score (nSPS) is 11.8. The number of ether oxygens (including phenoxy) is 1. The van der Waals surface area contributed by atoms with Gasteiger partial charge in [-0.3, -0.25) is 14.9 Å². The number of benzene rings is 1. The number of carbonyl (C=O) groups excluding carboxylic acids is 2. The number of esters is 1. The molecule has 0 saturated carbocycles. The Kier molecular flexibility index (Phi) is 6.52. The largest absolute Gasteiger partial charge is 0.465 e. The van der Waals surface area contributed by atoms with Crippen LogP contribution in [0.3, 0.4) is 0 Å². The van der Waals surface area contributed by atoms with Gasteiger partial charge < -0.3 is 4.74 Å². The van der Waals surface area contributed by atoms with Gasteiger partial charge in [-0.15, -0.1) is 10.2 Å². The van der Waals surface area contributed by atoms with E-state index in [2.05, 4.69) is 15.5 Å². The summed E-state index contributed by atoms with van der Waals surface area (Å²) in [6, 6.07) is 3.97. The minimum atomic E-state index is -0.727. The number of aromatic nitrogens is 2. The standard InChI is InChI=1S/C14H13ClFN3O3S2/c1-3-22-12(21)7(2)23-14-19-18-13(24-14)17-11(20)10-8(15)5-4-6-9(10)16/h4-7H,3H2,1-2H3,(H,17,18,20)/t7-/m1/s1. The van der Waals surface area contributed by atoms with Crippen LogP contribution < -0.4 is 5.32 Å². The van der Waals surface area contributed by atoms with Gasteiger partial charge in [-0.2, -0.15) is 0 Å². The van der Waals surface area contributed by atoms with Crippen molar-refractivity contribution < 1.29 is 18.7 Å². The van der Waals surface area contributed by atoms with Gasteiger partial charge in [0, 0.05) is 0 Å². The number of halogens is 2. The van der Waals surface area contributed by atoms with Crippen LogP contribution >= 0.6 is 34.7 Å². The topological polar surface area (TPSA) is 81.2 Å². The molecule has 2 aromatic rings.